The van der Waals surface area contributed by atoms with Gasteiger partial charge in [0.2, 0.25) is 21.8 Å². The molecule has 0 aromatic heterocycles. The third kappa shape index (κ3) is 7.47. The lowest BCUT2D eigenvalue weighted by Gasteiger charge is -2.31. The summed E-state index contributed by atoms with van der Waals surface area (Å²) in [5.74, 6) is -0.448. The summed E-state index contributed by atoms with van der Waals surface area (Å²) in [5, 5.41) is 3.22. The quantitative estimate of drug-likeness (QED) is 0.516. The molecule has 2 aromatic carbocycles. The number of halogens is 1. The van der Waals surface area contributed by atoms with E-state index < -0.39 is 16.1 Å². The second-order valence-corrected chi connectivity index (χ2v) is 10.3. The molecule has 0 saturated heterocycles. The van der Waals surface area contributed by atoms with Crippen molar-refractivity contribution in [2.45, 2.75) is 45.7 Å². The van der Waals surface area contributed by atoms with Crippen LogP contribution in [0.1, 0.15) is 37.3 Å². The predicted molar refractivity (Wildman–Crippen MR) is 133 cm³/mol. The molecule has 0 radical (unpaired) electrons. The second kappa shape index (κ2) is 12.0. The molecule has 33 heavy (non-hydrogen) atoms. The van der Waals surface area contributed by atoms with Crippen molar-refractivity contribution in [2.24, 2.45) is 0 Å². The number of rotatable bonds is 11. The van der Waals surface area contributed by atoms with E-state index in [4.69, 9.17) is 11.6 Å². The lowest BCUT2D eigenvalue weighted by Crippen LogP contribution is -2.48. The van der Waals surface area contributed by atoms with Crippen molar-refractivity contribution in [3.05, 3.63) is 64.7 Å². The molecule has 0 heterocycles. The van der Waals surface area contributed by atoms with Crippen molar-refractivity contribution in [1.29, 1.82) is 0 Å². The number of nitrogens with zero attached hydrogens (tertiary/aromatic N) is 2. The molecular weight excluding hydrogens is 462 g/mol. The standard InChI is InChI=1S/C24H32ClN3O4S/c1-5-21(24(30)26-3)27(17-19-12-14-20(25)15-13-19)23(29)11-8-16-28(33(4,31)32)22-10-7-6-9-18(22)2/h6-7,9-10,12-15,21H,5,8,11,16-17H2,1-4H3,(H,26,30)/t21-/m1/s1. The zero-order valence-corrected chi connectivity index (χ0v) is 21.1. The number of nitrogens with one attached hydrogen (secondary N) is 1. The van der Waals surface area contributed by atoms with Crippen LogP contribution < -0.4 is 9.62 Å². The van der Waals surface area contributed by atoms with E-state index in [2.05, 4.69) is 5.32 Å². The van der Waals surface area contributed by atoms with E-state index >= 15 is 0 Å². The molecule has 0 unspecified atom stereocenters. The molecule has 0 bridgehead atoms. The lowest BCUT2D eigenvalue weighted by atomic mass is 10.1. The summed E-state index contributed by atoms with van der Waals surface area (Å²) < 4.78 is 26.2. The molecule has 7 nitrogen and oxygen atoms in total. The summed E-state index contributed by atoms with van der Waals surface area (Å²) in [4.78, 5) is 27.2. The minimum absolute atomic E-state index is 0.110. The monoisotopic (exact) mass is 493 g/mol. The Labute approximate surface area is 201 Å². The Morgan fingerprint density at radius 3 is 2.27 bits per heavy atom. The van der Waals surface area contributed by atoms with Crippen molar-refractivity contribution < 1.29 is 18.0 Å². The van der Waals surface area contributed by atoms with Crippen molar-refractivity contribution >= 4 is 39.1 Å². The molecule has 9 heteroatoms. The summed E-state index contributed by atoms with van der Waals surface area (Å²) in [6, 6.07) is 13.7. The Kier molecular flexibility index (Phi) is 9.73. The fourth-order valence-electron chi connectivity index (χ4n) is 3.70. The first-order valence-corrected chi connectivity index (χ1v) is 13.1. The van der Waals surface area contributed by atoms with Crippen LogP contribution in [0.25, 0.3) is 0 Å². The van der Waals surface area contributed by atoms with E-state index in [1.54, 1.807) is 36.2 Å². The Morgan fingerprint density at radius 2 is 1.73 bits per heavy atom. The number of benzene rings is 2. The molecule has 0 aliphatic rings. The Bertz CT molecular complexity index is 1060. The highest BCUT2D eigenvalue weighted by Gasteiger charge is 2.28. The minimum atomic E-state index is -3.52. The minimum Gasteiger partial charge on any atom is -0.357 e. The molecule has 0 spiro atoms. The first-order valence-electron chi connectivity index (χ1n) is 10.9. The van der Waals surface area contributed by atoms with Crippen LogP contribution in [-0.2, 0) is 26.2 Å². The van der Waals surface area contributed by atoms with Gasteiger partial charge in [0, 0.05) is 31.6 Å². The van der Waals surface area contributed by atoms with Crippen LogP contribution in [0.15, 0.2) is 48.5 Å². The molecule has 0 aliphatic heterocycles. The lowest BCUT2D eigenvalue weighted by molar-refractivity contribution is -0.141. The average molecular weight is 494 g/mol. The van der Waals surface area contributed by atoms with E-state index in [0.717, 1.165) is 17.4 Å². The van der Waals surface area contributed by atoms with Crippen LogP contribution in [0.5, 0.6) is 0 Å². The van der Waals surface area contributed by atoms with Gasteiger partial charge in [-0.1, -0.05) is 48.9 Å². The number of carbonyl (C=O) groups is 2. The summed E-state index contributed by atoms with van der Waals surface area (Å²) in [7, 11) is -1.97. The SMILES string of the molecule is CC[C@H](C(=O)NC)N(Cc1ccc(Cl)cc1)C(=O)CCCN(c1ccccc1C)S(C)(=O)=O. The molecular formula is C24H32ClN3O4S. The fraction of sp³-hybridized carbons (Fsp3) is 0.417. The number of sulfonamides is 1. The van der Waals surface area contributed by atoms with E-state index in [1.807, 2.05) is 38.1 Å². The van der Waals surface area contributed by atoms with E-state index in [1.165, 1.54) is 4.31 Å². The van der Waals surface area contributed by atoms with Crippen molar-refractivity contribution in [1.82, 2.24) is 10.2 Å². The first-order chi connectivity index (χ1) is 15.6. The van der Waals surface area contributed by atoms with Gasteiger partial charge in [0.15, 0.2) is 0 Å². The Hall–Kier alpha value is -2.58. The third-order valence-corrected chi connectivity index (χ3v) is 6.87. The Balaban J connectivity index is 2.19. The van der Waals surface area contributed by atoms with Crippen LogP contribution in [0.4, 0.5) is 5.69 Å². The first kappa shape index (κ1) is 26.7. The molecule has 0 saturated carbocycles. The van der Waals surface area contributed by atoms with E-state index in [-0.39, 0.29) is 31.3 Å². The molecule has 1 atom stereocenters. The van der Waals surface area contributed by atoms with Gasteiger partial charge in [-0.05, 0) is 49.1 Å². The second-order valence-electron chi connectivity index (χ2n) is 7.91. The number of para-hydroxylation sites is 1. The van der Waals surface area contributed by atoms with Gasteiger partial charge in [-0.25, -0.2) is 8.42 Å². The number of likely N-dealkylation sites (N-methyl/N-ethyl adjacent to an activating group) is 1. The molecule has 2 amide bonds. The zero-order valence-electron chi connectivity index (χ0n) is 19.5. The number of hydrogen-bond acceptors (Lipinski definition) is 4. The van der Waals surface area contributed by atoms with Gasteiger partial charge in [-0.3, -0.25) is 13.9 Å². The number of hydrogen-bond donors (Lipinski definition) is 1. The van der Waals surface area contributed by atoms with Crippen molar-refractivity contribution in [3.63, 3.8) is 0 Å². The van der Waals surface area contributed by atoms with Gasteiger partial charge in [-0.2, -0.15) is 0 Å². The summed E-state index contributed by atoms with van der Waals surface area (Å²) in [6.45, 7) is 4.13. The molecule has 2 aromatic rings. The predicted octanol–water partition coefficient (Wildman–Crippen LogP) is 3.75. The maximum Gasteiger partial charge on any atom is 0.242 e. The van der Waals surface area contributed by atoms with E-state index in [9.17, 15) is 18.0 Å². The van der Waals surface area contributed by atoms with Gasteiger partial charge in [-0.15, -0.1) is 0 Å². The number of aryl methyl sites for hydroxylation is 1. The molecule has 180 valence electrons. The van der Waals surface area contributed by atoms with Crippen LogP contribution in [0.2, 0.25) is 5.02 Å². The molecule has 1 N–H and O–H groups in total. The van der Waals surface area contributed by atoms with Gasteiger partial charge in [0.25, 0.3) is 0 Å². The van der Waals surface area contributed by atoms with Crippen molar-refractivity contribution in [3.8, 4) is 0 Å². The smallest absolute Gasteiger partial charge is 0.242 e. The number of carbonyl (C=O) groups excluding carboxylic acids is 2. The highest BCUT2D eigenvalue weighted by molar-refractivity contribution is 7.92. The number of amides is 2. The highest BCUT2D eigenvalue weighted by Crippen LogP contribution is 2.23. The summed E-state index contributed by atoms with van der Waals surface area (Å²) in [5.41, 5.74) is 2.29. The molecule has 2 rings (SSSR count). The highest BCUT2D eigenvalue weighted by atomic mass is 35.5. The average Bonchev–Trinajstić information content (AvgIpc) is 2.77. The van der Waals surface area contributed by atoms with Gasteiger partial charge in [0.1, 0.15) is 6.04 Å². The summed E-state index contributed by atoms with van der Waals surface area (Å²) >= 11 is 5.97. The largest absolute Gasteiger partial charge is 0.357 e. The number of anilines is 1. The normalized spacial score (nSPS) is 12.2. The Morgan fingerprint density at radius 1 is 1.09 bits per heavy atom. The molecule has 0 aliphatic carbocycles. The summed E-state index contributed by atoms with van der Waals surface area (Å²) in [6.07, 6.45) is 2.05. The van der Waals surface area contributed by atoms with Gasteiger partial charge in [0.05, 0.1) is 11.9 Å². The fourth-order valence-corrected chi connectivity index (χ4v) is 4.85. The van der Waals surface area contributed by atoms with Gasteiger partial charge >= 0.3 is 0 Å². The van der Waals surface area contributed by atoms with Crippen LogP contribution >= 0.6 is 11.6 Å². The van der Waals surface area contributed by atoms with Crippen LogP contribution in [-0.4, -0.2) is 51.0 Å². The van der Waals surface area contributed by atoms with Crippen LogP contribution in [0, 0.1) is 6.92 Å². The van der Waals surface area contributed by atoms with Crippen molar-refractivity contribution in [2.75, 3.05) is 24.2 Å². The topological polar surface area (TPSA) is 86.8 Å². The van der Waals surface area contributed by atoms with E-state index in [0.29, 0.717) is 23.6 Å². The maximum atomic E-state index is 13.2. The van der Waals surface area contributed by atoms with Crippen LogP contribution in [0.3, 0.4) is 0 Å². The maximum absolute atomic E-state index is 13.2. The molecule has 0 fully saturated rings. The van der Waals surface area contributed by atoms with Gasteiger partial charge < -0.3 is 10.2 Å². The zero-order chi connectivity index (χ0) is 24.6. The third-order valence-electron chi connectivity index (χ3n) is 5.43.